The molecule has 0 spiro atoms. The van der Waals surface area contributed by atoms with Gasteiger partial charge in [-0.25, -0.2) is 0 Å². The standard InChI is InChI=1S/C17H31N3OS/c1-3-22(21)16-11-7-10-15(12-16)20-17(18-2)19-13-14-8-5-4-6-9-14/h4-5,14-16H,3,6-13H2,1-2H3,(H2,18,19,20). The van der Waals surface area contributed by atoms with E-state index in [2.05, 4.69) is 27.8 Å². The first-order valence-electron chi connectivity index (χ1n) is 8.72. The van der Waals surface area contributed by atoms with Crippen molar-refractivity contribution in [2.24, 2.45) is 10.9 Å². The number of rotatable bonds is 5. The van der Waals surface area contributed by atoms with E-state index in [1.807, 2.05) is 14.0 Å². The van der Waals surface area contributed by atoms with Gasteiger partial charge in [-0.3, -0.25) is 9.20 Å². The van der Waals surface area contributed by atoms with Crippen LogP contribution >= 0.6 is 0 Å². The Morgan fingerprint density at radius 3 is 2.86 bits per heavy atom. The third-order valence-corrected chi connectivity index (χ3v) is 6.52. The Labute approximate surface area is 137 Å². The van der Waals surface area contributed by atoms with Gasteiger partial charge in [-0.15, -0.1) is 0 Å². The highest BCUT2D eigenvalue weighted by atomic mass is 32.2. The number of hydrogen-bond acceptors (Lipinski definition) is 2. The summed E-state index contributed by atoms with van der Waals surface area (Å²) in [6.07, 6.45) is 12.6. The predicted octanol–water partition coefficient (Wildman–Crippen LogP) is 2.59. The Morgan fingerprint density at radius 1 is 1.32 bits per heavy atom. The number of guanidine groups is 1. The summed E-state index contributed by atoms with van der Waals surface area (Å²) in [7, 11) is 1.17. The molecule has 1 fully saturated rings. The minimum atomic E-state index is -0.666. The van der Waals surface area contributed by atoms with E-state index < -0.39 is 10.8 Å². The largest absolute Gasteiger partial charge is 0.356 e. The van der Waals surface area contributed by atoms with Gasteiger partial charge in [0.2, 0.25) is 0 Å². The van der Waals surface area contributed by atoms with Gasteiger partial charge in [-0.2, -0.15) is 0 Å². The van der Waals surface area contributed by atoms with Crippen LogP contribution in [-0.2, 0) is 10.8 Å². The van der Waals surface area contributed by atoms with E-state index in [1.165, 1.54) is 25.7 Å². The lowest BCUT2D eigenvalue weighted by Crippen LogP contribution is -2.47. The average molecular weight is 326 g/mol. The Balaban J connectivity index is 1.77. The number of aliphatic imine (C=N–C) groups is 1. The Hall–Kier alpha value is -0.840. The molecule has 0 aliphatic heterocycles. The van der Waals surface area contributed by atoms with Crippen molar-refractivity contribution in [3.63, 3.8) is 0 Å². The molecule has 0 saturated heterocycles. The molecule has 5 heteroatoms. The third kappa shape index (κ3) is 5.41. The van der Waals surface area contributed by atoms with Gasteiger partial charge in [0.15, 0.2) is 5.96 Å². The molecule has 0 amide bonds. The highest BCUT2D eigenvalue weighted by Crippen LogP contribution is 2.23. The van der Waals surface area contributed by atoms with Crippen LogP contribution < -0.4 is 10.6 Å². The molecule has 2 aliphatic carbocycles. The molecule has 22 heavy (non-hydrogen) atoms. The van der Waals surface area contributed by atoms with Gasteiger partial charge in [-0.05, 0) is 44.4 Å². The number of allylic oxidation sites excluding steroid dienone is 2. The minimum Gasteiger partial charge on any atom is -0.356 e. The molecule has 2 rings (SSSR count). The molecule has 2 N–H and O–H groups in total. The van der Waals surface area contributed by atoms with Crippen LogP contribution in [0, 0.1) is 5.92 Å². The molecule has 0 aromatic rings. The molecule has 4 unspecified atom stereocenters. The molecule has 2 aliphatic rings. The second-order valence-corrected chi connectivity index (χ2v) is 8.41. The fourth-order valence-electron chi connectivity index (χ4n) is 3.42. The molecule has 0 aromatic carbocycles. The molecule has 4 nitrogen and oxygen atoms in total. The van der Waals surface area contributed by atoms with Crippen molar-refractivity contribution in [2.75, 3.05) is 19.3 Å². The van der Waals surface area contributed by atoms with Crippen molar-refractivity contribution in [2.45, 2.75) is 63.2 Å². The van der Waals surface area contributed by atoms with Crippen molar-refractivity contribution in [1.82, 2.24) is 10.6 Å². The average Bonchev–Trinajstić information content (AvgIpc) is 2.59. The Morgan fingerprint density at radius 2 is 2.18 bits per heavy atom. The fourth-order valence-corrected chi connectivity index (χ4v) is 4.77. The SMILES string of the molecule is CCS(=O)C1CCCC(NC(=NC)NCC2CC=CCC2)C1. The molecule has 0 aromatic heterocycles. The van der Waals surface area contributed by atoms with Crippen molar-refractivity contribution in [3.05, 3.63) is 12.2 Å². The molecule has 0 bridgehead atoms. The number of hydrogen-bond donors (Lipinski definition) is 2. The summed E-state index contributed by atoms with van der Waals surface area (Å²) < 4.78 is 12.0. The predicted molar refractivity (Wildman–Crippen MR) is 95.7 cm³/mol. The first kappa shape index (κ1) is 17.5. The number of nitrogens with zero attached hydrogens (tertiary/aromatic N) is 1. The maximum absolute atomic E-state index is 12.0. The van der Waals surface area contributed by atoms with Crippen molar-refractivity contribution >= 4 is 16.8 Å². The van der Waals surface area contributed by atoms with Crippen LogP contribution in [-0.4, -0.2) is 40.8 Å². The van der Waals surface area contributed by atoms with E-state index in [9.17, 15) is 4.21 Å². The zero-order chi connectivity index (χ0) is 15.8. The summed E-state index contributed by atoms with van der Waals surface area (Å²) in [4.78, 5) is 4.36. The highest BCUT2D eigenvalue weighted by Gasteiger charge is 2.26. The highest BCUT2D eigenvalue weighted by molar-refractivity contribution is 7.85. The van der Waals surface area contributed by atoms with Gasteiger partial charge in [0.25, 0.3) is 0 Å². The van der Waals surface area contributed by atoms with Crippen molar-refractivity contribution in [3.8, 4) is 0 Å². The summed E-state index contributed by atoms with van der Waals surface area (Å²) in [5, 5.41) is 7.37. The quantitative estimate of drug-likeness (QED) is 0.464. The van der Waals surface area contributed by atoms with Gasteiger partial charge in [-0.1, -0.05) is 25.5 Å². The van der Waals surface area contributed by atoms with Crippen LogP contribution in [0.15, 0.2) is 17.1 Å². The molecule has 1 saturated carbocycles. The van der Waals surface area contributed by atoms with Crippen molar-refractivity contribution < 1.29 is 4.21 Å². The van der Waals surface area contributed by atoms with Gasteiger partial charge in [0.1, 0.15) is 0 Å². The molecule has 0 radical (unpaired) electrons. The second kappa shape index (κ2) is 9.33. The molecule has 0 heterocycles. The zero-order valence-electron chi connectivity index (χ0n) is 14.0. The topological polar surface area (TPSA) is 53.5 Å². The summed E-state index contributed by atoms with van der Waals surface area (Å²) in [6, 6.07) is 0.409. The zero-order valence-corrected chi connectivity index (χ0v) is 14.8. The van der Waals surface area contributed by atoms with E-state index in [0.29, 0.717) is 11.3 Å². The summed E-state index contributed by atoms with van der Waals surface area (Å²) in [5.41, 5.74) is 0. The summed E-state index contributed by atoms with van der Waals surface area (Å²) in [6.45, 7) is 3.01. The third-order valence-electron chi connectivity index (χ3n) is 4.78. The van der Waals surface area contributed by atoms with Gasteiger partial charge >= 0.3 is 0 Å². The van der Waals surface area contributed by atoms with Crippen LogP contribution in [0.2, 0.25) is 0 Å². The molecular formula is C17H31N3OS. The molecular weight excluding hydrogens is 294 g/mol. The monoisotopic (exact) mass is 325 g/mol. The van der Waals surface area contributed by atoms with Gasteiger partial charge < -0.3 is 10.6 Å². The van der Waals surface area contributed by atoms with Crippen LogP contribution in [0.4, 0.5) is 0 Å². The lowest BCUT2D eigenvalue weighted by atomic mass is 9.94. The smallest absolute Gasteiger partial charge is 0.191 e. The molecule has 126 valence electrons. The van der Waals surface area contributed by atoms with Gasteiger partial charge in [0.05, 0.1) is 0 Å². The fraction of sp³-hybridized carbons (Fsp3) is 0.824. The van der Waals surface area contributed by atoms with E-state index >= 15 is 0 Å². The summed E-state index contributed by atoms with van der Waals surface area (Å²) in [5.74, 6) is 2.40. The minimum absolute atomic E-state index is 0.359. The van der Waals surface area contributed by atoms with E-state index in [0.717, 1.165) is 43.4 Å². The summed E-state index contributed by atoms with van der Waals surface area (Å²) >= 11 is 0. The van der Waals surface area contributed by atoms with Gasteiger partial charge in [0, 0.05) is 41.4 Å². The van der Waals surface area contributed by atoms with Crippen molar-refractivity contribution in [1.29, 1.82) is 0 Å². The lowest BCUT2D eigenvalue weighted by Gasteiger charge is -2.30. The first-order chi connectivity index (χ1) is 10.7. The normalized spacial score (nSPS) is 30.8. The molecule has 4 atom stereocenters. The first-order valence-corrected chi connectivity index (χ1v) is 10.1. The lowest BCUT2D eigenvalue weighted by molar-refractivity contribution is 0.409. The van der Waals surface area contributed by atoms with Crippen LogP contribution in [0.25, 0.3) is 0 Å². The Kier molecular flexibility index (Phi) is 7.43. The maximum Gasteiger partial charge on any atom is 0.191 e. The van der Waals surface area contributed by atoms with Crippen LogP contribution in [0.1, 0.15) is 51.9 Å². The Bertz CT molecular complexity index is 422. The van der Waals surface area contributed by atoms with E-state index in [1.54, 1.807) is 0 Å². The second-order valence-electron chi connectivity index (χ2n) is 6.40. The maximum atomic E-state index is 12.0. The van der Waals surface area contributed by atoms with E-state index in [4.69, 9.17) is 0 Å². The van der Waals surface area contributed by atoms with Crippen LogP contribution in [0.3, 0.4) is 0 Å². The van der Waals surface area contributed by atoms with Crippen LogP contribution in [0.5, 0.6) is 0 Å². The van der Waals surface area contributed by atoms with E-state index in [-0.39, 0.29) is 0 Å². The number of nitrogens with one attached hydrogen (secondary N) is 2.